The van der Waals surface area contributed by atoms with E-state index in [0.717, 1.165) is 57.2 Å². The predicted octanol–water partition coefficient (Wildman–Crippen LogP) is 4.22. The van der Waals surface area contributed by atoms with Crippen LogP contribution in [0.1, 0.15) is 38.6 Å². The van der Waals surface area contributed by atoms with Crippen LogP contribution in [0.4, 0.5) is 0 Å². The minimum atomic E-state index is -0.656. The van der Waals surface area contributed by atoms with Crippen LogP contribution in [-0.4, -0.2) is 39.6 Å². The largest absolute Gasteiger partial charge is 0.390 e. The van der Waals surface area contributed by atoms with Gasteiger partial charge in [-0.25, -0.2) is 4.79 Å². The summed E-state index contributed by atoms with van der Waals surface area (Å²) in [6.07, 6.45) is 10.3. The fourth-order valence-corrected chi connectivity index (χ4v) is 5.32. The molecule has 0 bridgehead atoms. The van der Waals surface area contributed by atoms with E-state index < -0.39 is 5.60 Å². The number of benzene rings is 1. The van der Waals surface area contributed by atoms with E-state index in [2.05, 4.69) is 27.2 Å². The first-order chi connectivity index (χ1) is 16.8. The molecule has 6 rings (SSSR count). The highest BCUT2D eigenvalue weighted by Gasteiger charge is 2.32. The van der Waals surface area contributed by atoms with Crippen LogP contribution >= 0.6 is 0 Å². The number of rotatable bonds is 3. The SMILES string of the molecule is Cn1cc(-c2ccc(-c3ccc4ncc5c(c4c3)n(C3CCC(C)(O)CC3)c(=O)n5C)cn2)cn1. The van der Waals surface area contributed by atoms with E-state index in [1.807, 2.05) is 49.1 Å². The van der Waals surface area contributed by atoms with Crippen LogP contribution in [0.3, 0.4) is 0 Å². The van der Waals surface area contributed by atoms with E-state index in [1.165, 1.54) is 0 Å². The summed E-state index contributed by atoms with van der Waals surface area (Å²) >= 11 is 0. The fourth-order valence-electron chi connectivity index (χ4n) is 5.32. The van der Waals surface area contributed by atoms with E-state index >= 15 is 0 Å². The Morgan fingerprint density at radius 2 is 1.74 bits per heavy atom. The third-order valence-corrected chi connectivity index (χ3v) is 7.41. The van der Waals surface area contributed by atoms with Crippen LogP contribution in [0.15, 0.2) is 59.9 Å². The monoisotopic (exact) mass is 468 g/mol. The molecule has 1 aliphatic carbocycles. The minimum absolute atomic E-state index is 0.0336. The third-order valence-electron chi connectivity index (χ3n) is 7.41. The predicted molar refractivity (Wildman–Crippen MR) is 136 cm³/mol. The van der Waals surface area contributed by atoms with Crippen LogP contribution in [0.5, 0.6) is 0 Å². The van der Waals surface area contributed by atoms with Crippen LogP contribution in [-0.2, 0) is 14.1 Å². The van der Waals surface area contributed by atoms with Crippen LogP contribution in [0, 0.1) is 0 Å². The molecule has 8 heteroatoms. The molecule has 35 heavy (non-hydrogen) atoms. The normalized spacial score (nSPS) is 20.6. The van der Waals surface area contributed by atoms with Gasteiger partial charge in [0.15, 0.2) is 0 Å². The van der Waals surface area contributed by atoms with Gasteiger partial charge < -0.3 is 5.11 Å². The Kier molecular flexibility index (Phi) is 4.89. The molecular weight excluding hydrogens is 440 g/mol. The molecule has 178 valence electrons. The molecule has 4 aromatic heterocycles. The first-order valence-electron chi connectivity index (χ1n) is 12.0. The number of hydrogen-bond donors (Lipinski definition) is 1. The molecule has 1 aliphatic rings. The van der Waals surface area contributed by atoms with Crippen molar-refractivity contribution in [3.8, 4) is 22.4 Å². The summed E-state index contributed by atoms with van der Waals surface area (Å²) < 4.78 is 5.38. The molecular formula is C27H28N6O2. The van der Waals surface area contributed by atoms with Crippen molar-refractivity contribution in [2.75, 3.05) is 0 Å². The highest BCUT2D eigenvalue weighted by Crippen LogP contribution is 2.37. The zero-order valence-electron chi connectivity index (χ0n) is 20.1. The lowest BCUT2D eigenvalue weighted by Gasteiger charge is -2.33. The van der Waals surface area contributed by atoms with Gasteiger partial charge in [-0.3, -0.25) is 23.8 Å². The van der Waals surface area contributed by atoms with Crippen molar-refractivity contribution in [3.05, 3.63) is 65.6 Å². The fraction of sp³-hybridized carbons (Fsp3) is 0.333. The average Bonchev–Trinajstić information content (AvgIpc) is 3.40. The number of pyridine rings is 2. The van der Waals surface area contributed by atoms with Crippen molar-refractivity contribution in [1.82, 2.24) is 28.9 Å². The number of nitrogens with zero attached hydrogens (tertiary/aromatic N) is 6. The van der Waals surface area contributed by atoms with Gasteiger partial charge in [-0.05, 0) is 56.4 Å². The summed E-state index contributed by atoms with van der Waals surface area (Å²) in [7, 11) is 3.69. The van der Waals surface area contributed by atoms with Gasteiger partial charge in [0.1, 0.15) is 0 Å². The Morgan fingerprint density at radius 1 is 0.971 bits per heavy atom. The first-order valence-corrected chi connectivity index (χ1v) is 12.0. The Labute approximate surface area is 202 Å². The molecule has 0 spiro atoms. The second-order valence-corrected chi connectivity index (χ2v) is 10.00. The lowest BCUT2D eigenvalue weighted by molar-refractivity contribution is 0.00999. The number of aryl methyl sites for hydroxylation is 2. The molecule has 1 N–H and O–H groups in total. The quantitative estimate of drug-likeness (QED) is 0.428. The summed E-state index contributed by atoms with van der Waals surface area (Å²) in [6.45, 7) is 1.88. The Balaban J connectivity index is 1.47. The summed E-state index contributed by atoms with van der Waals surface area (Å²) in [6, 6.07) is 10.3. The number of aliphatic hydroxyl groups is 1. The maximum absolute atomic E-state index is 13.3. The van der Waals surface area contributed by atoms with Gasteiger partial charge in [-0.1, -0.05) is 12.1 Å². The van der Waals surface area contributed by atoms with Crippen molar-refractivity contribution in [1.29, 1.82) is 0 Å². The zero-order chi connectivity index (χ0) is 24.3. The van der Waals surface area contributed by atoms with Crippen LogP contribution < -0.4 is 5.69 Å². The molecule has 1 fully saturated rings. The molecule has 0 atom stereocenters. The molecule has 0 unspecified atom stereocenters. The summed E-state index contributed by atoms with van der Waals surface area (Å²) in [4.78, 5) is 22.6. The van der Waals surface area contributed by atoms with Gasteiger partial charge in [0.2, 0.25) is 0 Å². The molecule has 0 aliphatic heterocycles. The van der Waals surface area contributed by atoms with E-state index in [9.17, 15) is 9.90 Å². The molecule has 4 heterocycles. The van der Waals surface area contributed by atoms with Gasteiger partial charge in [0.25, 0.3) is 0 Å². The third kappa shape index (κ3) is 3.65. The first kappa shape index (κ1) is 21.7. The summed E-state index contributed by atoms with van der Waals surface area (Å²) in [5, 5.41) is 15.6. The molecule has 0 amide bonds. The van der Waals surface area contributed by atoms with Gasteiger partial charge >= 0.3 is 5.69 Å². The van der Waals surface area contributed by atoms with Crippen molar-refractivity contribution >= 4 is 21.9 Å². The van der Waals surface area contributed by atoms with Gasteiger partial charge in [-0.15, -0.1) is 0 Å². The lowest BCUT2D eigenvalue weighted by atomic mass is 9.83. The smallest absolute Gasteiger partial charge is 0.329 e. The minimum Gasteiger partial charge on any atom is -0.390 e. The van der Waals surface area contributed by atoms with Gasteiger partial charge in [0.05, 0.1) is 40.2 Å². The van der Waals surface area contributed by atoms with Crippen molar-refractivity contribution in [2.45, 2.75) is 44.2 Å². The Bertz CT molecular complexity index is 1610. The van der Waals surface area contributed by atoms with E-state index in [0.29, 0.717) is 12.8 Å². The van der Waals surface area contributed by atoms with Crippen LogP contribution in [0.25, 0.3) is 44.3 Å². The highest BCUT2D eigenvalue weighted by molar-refractivity contribution is 6.04. The van der Waals surface area contributed by atoms with Crippen LogP contribution in [0.2, 0.25) is 0 Å². The van der Waals surface area contributed by atoms with E-state index in [1.54, 1.807) is 28.7 Å². The second-order valence-electron chi connectivity index (χ2n) is 10.00. The number of aromatic nitrogens is 6. The Hall–Kier alpha value is -3.78. The number of imidazole rings is 1. The Morgan fingerprint density at radius 3 is 2.43 bits per heavy atom. The second kappa shape index (κ2) is 7.88. The summed E-state index contributed by atoms with van der Waals surface area (Å²) in [5.41, 5.74) is 5.76. The molecule has 5 aromatic rings. The van der Waals surface area contributed by atoms with Gasteiger partial charge in [0, 0.05) is 49.0 Å². The lowest BCUT2D eigenvalue weighted by Crippen LogP contribution is -2.34. The number of hydrogen-bond acceptors (Lipinski definition) is 5. The van der Waals surface area contributed by atoms with Gasteiger partial charge in [-0.2, -0.15) is 5.10 Å². The summed E-state index contributed by atoms with van der Waals surface area (Å²) in [5.74, 6) is 0. The average molecular weight is 469 g/mol. The maximum atomic E-state index is 13.3. The zero-order valence-corrected chi connectivity index (χ0v) is 20.1. The molecule has 1 saturated carbocycles. The molecule has 0 radical (unpaired) electrons. The number of fused-ring (bicyclic) bond motifs is 3. The maximum Gasteiger partial charge on any atom is 0.329 e. The molecule has 0 saturated heterocycles. The van der Waals surface area contributed by atoms with Crippen molar-refractivity contribution in [2.24, 2.45) is 14.1 Å². The highest BCUT2D eigenvalue weighted by atomic mass is 16.3. The topological polar surface area (TPSA) is 90.8 Å². The van der Waals surface area contributed by atoms with E-state index in [4.69, 9.17) is 0 Å². The standard InChI is InChI=1S/C27H28N6O2/c1-27(35)10-8-20(9-11-27)33-25-21-12-17(4-7-23(21)29-15-24(25)32(3)26(33)34)18-5-6-22(28-13-18)19-14-30-31(2)16-19/h4-7,12-16,20,35H,8-11H2,1-3H3. The molecule has 1 aromatic carbocycles. The molecule has 8 nitrogen and oxygen atoms in total. The van der Waals surface area contributed by atoms with Crippen molar-refractivity contribution in [3.63, 3.8) is 0 Å². The van der Waals surface area contributed by atoms with Crippen molar-refractivity contribution < 1.29 is 5.11 Å². The van der Waals surface area contributed by atoms with E-state index in [-0.39, 0.29) is 11.7 Å².